The summed E-state index contributed by atoms with van der Waals surface area (Å²) >= 11 is 1.74. The molecule has 0 saturated carbocycles. The van der Waals surface area contributed by atoms with E-state index in [1.165, 1.54) is 5.56 Å². The fourth-order valence-corrected chi connectivity index (χ4v) is 2.30. The van der Waals surface area contributed by atoms with E-state index < -0.39 is 0 Å². The Bertz CT molecular complexity index is 433. The van der Waals surface area contributed by atoms with E-state index in [1.807, 2.05) is 4.68 Å². The normalized spacial score (nSPS) is 12.8. The highest BCUT2D eigenvalue weighted by atomic mass is 32.1. The molecule has 0 aromatic carbocycles. The molecule has 0 spiro atoms. The molecule has 0 aliphatic carbocycles. The van der Waals surface area contributed by atoms with Gasteiger partial charge in [-0.25, -0.2) is 0 Å². The summed E-state index contributed by atoms with van der Waals surface area (Å²) in [5.41, 5.74) is 2.46. The van der Waals surface area contributed by atoms with Gasteiger partial charge in [-0.15, -0.1) is 0 Å². The van der Waals surface area contributed by atoms with Gasteiger partial charge < -0.3 is 5.32 Å². The van der Waals surface area contributed by atoms with Gasteiger partial charge in [0.25, 0.3) is 0 Å². The first-order valence-electron chi connectivity index (χ1n) is 6.05. The molecule has 92 valence electrons. The topological polar surface area (TPSA) is 29.9 Å². The van der Waals surface area contributed by atoms with E-state index in [-0.39, 0.29) is 0 Å². The van der Waals surface area contributed by atoms with Gasteiger partial charge in [0.15, 0.2) is 0 Å². The van der Waals surface area contributed by atoms with E-state index in [2.05, 4.69) is 53.4 Å². The number of thiophene rings is 1. The molecule has 0 aliphatic rings. The molecule has 2 aromatic heterocycles. The molecular weight excluding hydrogens is 230 g/mol. The van der Waals surface area contributed by atoms with Crippen molar-refractivity contribution in [3.63, 3.8) is 0 Å². The molecule has 2 heterocycles. The summed E-state index contributed by atoms with van der Waals surface area (Å²) in [6.07, 6.45) is 3.18. The van der Waals surface area contributed by atoms with Crippen LogP contribution in [0.1, 0.15) is 37.6 Å². The lowest BCUT2D eigenvalue weighted by Gasteiger charge is -2.08. The summed E-state index contributed by atoms with van der Waals surface area (Å²) in [6.45, 7) is 6.12. The van der Waals surface area contributed by atoms with Gasteiger partial charge in [-0.05, 0) is 41.8 Å². The number of nitrogens with zero attached hydrogens (tertiary/aromatic N) is 2. The number of rotatable bonds is 6. The van der Waals surface area contributed by atoms with Gasteiger partial charge in [0.1, 0.15) is 0 Å². The highest BCUT2D eigenvalue weighted by Crippen LogP contribution is 2.09. The zero-order chi connectivity index (χ0) is 12.1. The van der Waals surface area contributed by atoms with Crippen molar-refractivity contribution < 1.29 is 0 Å². The summed E-state index contributed by atoms with van der Waals surface area (Å²) in [4.78, 5) is 0. The van der Waals surface area contributed by atoms with Crippen LogP contribution in [0.4, 0.5) is 0 Å². The summed E-state index contributed by atoms with van der Waals surface area (Å²) in [6, 6.07) is 4.72. The molecule has 0 fully saturated rings. The van der Waals surface area contributed by atoms with Crippen molar-refractivity contribution in [3.8, 4) is 0 Å². The fourth-order valence-electron chi connectivity index (χ4n) is 1.63. The lowest BCUT2D eigenvalue weighted by Crippen LogP contribution is -2.13. The van der Waals surface area contributed by atoms with Gasteiger partial charge in [-0.1, -0.05) is 6.92 Å². The second kappa shape index (κ2) is 5.98. The van der Waals surface area contributed by atoms with Crippen molar-refractivity contribution in [2.45, 2.75) is 39.4 Å². The predicted octanol–water partition coefficient (Wildman–Crippen LogP) is 3.21. The van der Waals surface area contributed by atoms with Crippen molar-refractivity contribution in [3.05, 3.63) is 40.3 Å². The summed E-state index contributed by atoms with van der Waals surface area (Å²) in [7, 11) is 0. The Morgan fingerprint density at radius 3 is 3.00 bits per heavy atom. The maximum absolute atomic E-state index is 4.56. The molecule has 0 aliphatic heterocycles. The van der Waals surface area contributed by atoms with Crippen molar-refractivity contribution in [2.75, 3.05) is 0 Å². The minimum atomic E-state index is 0.487. The fraction of sp³-hybridized carbons (Fsp3) is 0.462. The third-order valence-electron chi connectivity index (χ3n) is 2.92. The molecule has 0 saturated heterocycles. The Morgan fingerprint density at radius 1 is 1.41 bits per heavy atom. The van der Waals surface area contributed by atoms with E-state index >= 15 is 0 Å². The number of nitrogens with one attached hydrogen (secondary N) is 1. The van der Waals surface area contributed by atoms with Crippen LogP contribution in [0.15, 0.2) is 29.1 Å². The molecule has 2 aromatic rings. The van der Waals surface area contributed by atoms with Crippen LogP contribution in [-0.2, 0) is 13.1 Å². The molecular formula is C13H19N3S. The molecule has 0 radical (unpaired) electrons. The Labute approximate surface area is 106 Å². The SMILES string of the molecule is CCC(C)n1ccc(CNCc2ccsc2)n1. The summed E-state index contributed by atoms with van der Waals surface area (Å²) in [5, 5.41) is 12.2. The van der Waals surface area contributed by atoms with E-state index in [0.717, 1.165) is 25.2 Å². The maximum atomic E-state index is 4.56. The number of aromatic nitrogens is 2. The van der Waals surface area contributed by atoms with Crippen LogP contribution in [-0.4, -0.2) is 9.78 Å². The molecule has 4 heteroatoms. The molecule has 17 heavy (non-hydrogen) atoms. The Morgan fingerprint density at radius 2 is 2.29 bits per heavy atom. The highest BCUT2D eigenvalue weighted by molar-refractivity contribution is 7.07. The van der Waals surface area contributed by atoms with Gasteiger partial charge in [-0.3, -0.25) is 4.68 Å². The smallest absolute Gasteiger partial charge is 0.0762 e. The first-order valence-corrected chi connectivity index (χ1v) is 6.99. The zero-order valence-electron chi connectivity index (χ0n) is 10.4. The first-order chi connectivity index (χ1) is 8.29. The van der Waals surface area contributed by atoms with Crippen LogP contribution in [0.5, 0.6) is 0 Å². The quantitative estimate of drug-likeness (QED) is 0.852. The number of hydrogen-bond donors (Lipinski definition) is 1. The molecule has 3 nitrogen and oxygen atoms in total. The third kappa shape index (κ3) is 3.41. The van der Waals surface area contributed by atoms with E-state index in [4.69, 9.17) is 0 Å². The standard InChI is InChI=1S/C13H19N3S/c1-3-11(2)16-6-4-13(15-16)9-14-8-12-5-7-17-10-12/h4-7,10-11,14H,3,8-9H2,1-2H3. The average molecular weight is 249 g/mol. The Kier molecular flexibility index (Phi) is 4.34. The second-order valence-corrected chi connectivity index (χ2v) is 5.06. The second-order valence-electron chi connectivity index (χ2n) is 4.28. The summed E-state index contributed by atoms with van der Waals surface area (Å²) in [5.74, 6) is 0. The van der Waals surface area contributed by atoms with Gasteiger partial charge in [-0.2, -0.15) is 16.4 Å². The molecule has 0 bridgehead atoms. The maximum Gasteiger partial charge on any atom is 0.0762 e. The Balaban J connectivity index is 1.81. The minimum absolute atomic E-state index is 0.487. The van der Waals surface area contributed by atoms with Crippen molar-refractivity contribution in [1.29, 1.82) is 0 Å². The predicted molar refractivity (Wildman–Crippen MR) is 72.1 cm³/mol. The van der Waals surface area contributed by atoms with Crippen LogP contribution >= 0.6 is 11.3 Å². The van der Waals surface area contributed by atoms with Crippen LogP contribution < -0.4 is 5.32 Å². The van der Waals surface area contributed by atoms with Crippen LogP contribution in [0.3, 0.4) is 0 Å². The van der Waals surface area contributed by atoms with Crippen LogP contribution in [0.2, 0.25) is 0 Å². The Hall–Kier alpha value is -1.13. The van der Waals surface area contributed by atoms with E-state index in [0.29, 0.717) is 6.04 Å². The molecule has 2 rings (SSSR count). The molecule has 1 atom stereocenters. The molecule has 1 N–H and O–H groups in total. The van der Waals surface area contributed by atoms with Crippen molar-refractivity contribution in [2.24, 2.45) is 0 Å². The lowest BCUT2D eigenvalue weighted by atomic mass is 10.3. The van der Waals surface area contributed by atoms with Gasteiger partial charge in [0.2, 0.25) is 0 Å². The van der Waals surface area contributed by atoms with Crippen LogP contribution in [0, 0.1) is 0 Å². The monoisotopic (exact) mass is 249 g/mol. The van der Waals surface area contributed by atoms with E-state index in [1.54, 1.807) is 11.3 Å². The minimum Gasteiger partial charge on any atom is -0.307 e. The first kappa shape index (κ1) is 12.3. The highest BCUT2D eigenvalue weighted by Gasteiger charge is 2.04. The van der Waals surface area contributed by atoms with Gasteiger partial charge in [0, 0.05) is 25.3 Å². The number of hydrogen-bond acceptors (Lipinski definition) is 3. The summed E-state index contributed by atoms with van der Waals surface area (Å²) < 4.78 is 2.04. The van der Waals surface area contributed by atoms with Crippen LogP contribution in [0.25, 0.3) is 0 Å². The largest absolute Gasteiger partial charge is 0.307 e. The van der Waals surface area contributed by atoms with Crippen molar-refractivity contribution in [1.82, 2.24) is 15.1 Å². The average Bonchev–Trinajstić information content (AvgIpc) is 2.99. The van der Waals surface area contributed by atoms with Gasteiger partial charge >= 0.3 is 0 Å². The van der Waals surface area contributed by atoms with Gasteiger partial charge in [0.05, 0.1) is 5.69 Å². The molecule has 1 unspecified atom stereocenters. The molecule has 0 amide bonds. The van der Waals surface area contributed by atoms with Crippen molar-refractivity contribution >= 4 is 11.3 Å². The third-order valence-corrected chi connectivity index (χ3v) is 3.65. The van der Waals surface area contributed by atoms with E-state index in [9.17, 15) is 0 Å². The zero-order valence-corrected chi connectivity index (χ0v) is 11.2. The lowest BCUT2D eigenvalue weighted by molar-refractivity contribution is 0.471.